The zero-order valence-corrected chi connectivity index (χ0v) is 23.6. The highest BCUT2D eigenvalue weighted by Crippen LogP contribution is 2.43. The number of amides is 1. The molecule has 2 atom stereocenters. The number of carbonyl (C=O) groups excluding carboxylic acids is 2. The lowest BCUT2D eigenvalue weighted by atomic mass is 9.88. The van der Waals surface area contributed by atoms with Gasteiger partial charge in [-0.25, -0.2) is 14.8 Å². The maximum Gasteiger partial charge on any atom is 0.330 e. The van der Waals surface area contributed by atoms with Crippen LogP contribution in [0.4, 0.5) is 17.1 Å². The molecule has 0 saturated carbocycles. The van der Waals surface area contributed by atoms with E-state index in [1.165, 1.54) is 17.8 Å². The maximum absolute atomic E-state index is 11.8. The van der Waals surface area contributed by atoms with Crippen LogP contribution in [0, 0.1) is 5.92 Å². The summed E-state index contributed by atoms with van der Waals surface area (Å²) < 4.78 is 5.10. The predicted molar refractivity (Wildman–Crippen MR) is 166 cm³/mol. The molecular formula is C32H36N6O3. The van der Waals surface area contributed by atoms with Crippen molar-refractivity contribution in [3.05, 3.63) is 85.5 Å². The summed E-state index contributed by atoms with van der Waals surface area (Å²) in [5, 5.41) is 6.23. The van der Waals surface area contributed by atoms with Crippen LogP contribution in [0.5, 0.6) is 0 Å². The summed E-state index contributed by atoms with van der Waals surface area (Å²) in [6.45, 7) is 16.0. The van der Waals surface area contributed by atoms with Gasteiger partial charge in [-0.05, 0) is 55.0 Å². The third-order valence-corrected chi connectivity index (χ3v) is 7.90. The molecule has 0 aromatic heterocycles. The fourth-order valence-corrected chi connectivity index (χ4v) is 5.35. The lowest BCUT2D eigenvalue weighted by molar-refractivity contribution is -0.138. The van der Waals surface area contributed by atoms with Crippen molar-refractivity contribution >= 4 is 46.2 Å². The first-order valence-corrected chi connectivity index (χ1v) is 13.9. The first-order valence-electron chi connectivity index (χ1n) is 13.9. The van der Waals surface area contributed by atoms with E-state index >= 15 is 0 Å². The summed E-state index contributed by atoms with van der Waals surface area (Å²) in [6, 6.07) is 16.1. The molecule has 2 aliphatic heterocycles. The molecule has 0 radical (unpaired) electrons. The Kier molecular flexibility index (Phi) is 8.16. The van der Waals surface area contributed by atoms with Gasteiger partial charge in [-0.1, -0.05) is 38.3 Å². The van der Waals surface area contributed by atoms with E-state index in [1.54, 1.807) is 0 Å². The zero-order chi connectivity index (χ0) is 29.0. The normalized spacial score (nSPS) is 21.8. The number of anilines is 3. The van der Waals surface area contributed by atoms with E-state index in [4.69, 9.17) is 14.7 Å². The first-order chi connectivity index (χ1) is 19.8. The van der Waals surface area contributed by atoms with Crippen LogP contribution in [0.2, 0.25) is 0 Å². The van der Waals surface area contributed by atoms with Crippen LogP contribution < -0.4 is 15.5 Å². The average Bonchev–Trinajstić information content (AvgIpc) is 3.44. The van der Waals surface area contributed by atoms with Gasteiger partial charge < -0.3 is 20.3 Å². The number of rotatable bonds is 9. The number of benzene rings is 2. The minimum absolute atomic E-state index is 0.164. The second kappa shape index (κ2) is 11.9. The Bertz CT molecular complexity index is 1440. The van der Waals surface area contributed by atoms with E-state index in [1.807, 2.05) is 24.3 Å². The summed E-state index contributed by atoms with van der Waals surface area (Å²) in [5.74, 6) is 0.134. The molecule has 2 aromatic rings. The Balaban J connectivity index is 1.21. The minimum atomic E-state index is -0.457. The second-order valence-electron chi connectivity index (χ2n) is 10.6. The summed E-state index contributed by atoms with van der Waals surface area (Å²) >= 11 is 0. The van der Waals surface area contributed by atoms with Gasteiger partial charge in [0, 0.05) is 67.4 Å². The number of ether oxygens (including phenoxy) is 1. The maximum atomic E-state index is 11.8. The van der Waals surface area contributed by atoms with Crippen LogP contribution in [0.25, 0.3) is 5.57 Å². The minimum Gasteiger partial charge on any atom is -0.461 e. The highest BCUT2D eigenvalue weighted by atomic mass is 16.5. The molecule has 1 saturated heterocycles. The van der Waals surface area contributed by atoms with Crippen molar-refractivity contribution in [2.24, 2.45) is 15.9 Å². The SMILES string of the molecule is C=CC(=O)Nc1cccc(C2=C[C@H](C)C3(C)N=C(Nc4ccc(N5CCN(CCOC(=O)C=C)CC5)cc4)N=C23)c1. The van der Waals surface area contributed by atoms with Gasteiger partial charge in [0.25, 0.3) is 0 Å². The summed E-state index contributed by atoms with van der Waals surface area (Å²) in [6.07, 6.45) is 4.66. The zero-order valence-electron chi connectivity index (χ0n) is 23.6. The van der Waals surface area contributed by atoms with E-state index in [9.17, 15) is 9.59 Å². The van der Waals surface area contributed by atoms with Crippen LogP contribution >= 0.6 is 0 Å². The lowest BCUT2D eigenvalue weighted by Crippen LogP contribution is -2.47. The molecule has 41 heavy (non-hydrogen) atoms. The smallest absolute Gasteiger partial charge is 0.330 e. The number of piperazine rings is 1. The van der Waals surface area contributed by atoms with Gasteiger partial charge in [-0.15, -0.1) is 0 Å². The van der Waals surface area contributed by atoms with E-state index in [2.05, 4.69) is 77.8 Å². The number of fused-ring (bicyclic) bond motifs is 1. The van der Waals surface area contributed by atoms with Crippen LogP contribution in [-0.4, -0.2) is 73.3 Å². The molecule has 9 heteroatoms. The summed E-state index contributed by atoms with van der Waals surface area (Å²) in [5.41, 5.74) is 5.29. The number of aliphatic imine (C=N–C) groups is 2. The largest absolute Gasteiger partial charge is 0.461 e. The van der Waals surface area contributed by atoms with Gasteiger partial charge >= 0.3 is 5.97 Å². The average molecular weight is 553 g/mol. The molecule has 2 N–H and O–H groups in total. The van der Waals surface area contributed by atoms with Gasteiger partial charge in [0.05, 0.1) is 5.71 Å². The van der Waals surface area contributed by atoms with Crippen LogP contribution in [0.15, 0.2) is 89.9 Å². The molecule has 1 fully saturated rings. The van der Waals surface area contributed by atoms with E-state index < -0.39 is 5.54 Å². The van der Waals surface area contributed by atoms with E-state index in [-0.39, 0.29) is 17.8 Å². The molecule has 0 spiro atoms. The quantitative estimate of drug-likeness (QED) is 0.354. The topological polar surface area (TPSA) is 98.6 Å². The Morgan fingerprint density at radius 2 is 1.83 bits per heavy atom. The number of esters is 1. The fraction of sp³-hybridized carbons (Fsp3) is 0.312. The molecule has 1 amide bonds. The molecule has 3 aliphatic rings. The van der Waals surface area contributed by atoms with E-state index in [0.29, 0.717) is 18.3 Å². The van der Waals surface area contributed by atoms with Crippen molar-refractivity contribution in [1.82, 2.24) is 4.90 Å². The van der Waals surface area contributed by atoms with Crippen molar-refractivity contribution < 1.29 is 14.3 Å². The standard InChI is InChI=1S/C32H36N6O3/c1-5-28(39)33-25-9-7-8-23(21-25)27-20-22(3)32(4)30(27)35-31(36-32)34-24-10-12-26(13-11-24)38-16-14-37(15-17-38)18-19-41-29(40)6-2/h5-13,20-22H,1-2,14-19H2,3-4H3,(H,33,39)(H,34,36)/t22-,32?/m0/s1. The van der Waals surface area contributed by atoms with Crippen molar-refractivity contribution in [1.29, 1.82) is 0 Å². The Hall–Kier alpha value is -4.50. The number of carbonyl (C=O) groups is 2. The van der Waals surface area contributed by atoms with Crippen molar-refractivity contribution in [3.63, 3.8) is 0 Å². The molecule has 9 nitrogen and oxygen atoms in total. The molecule has 1 unspecified atom stereocenters. The molecule has 5 rings (SSSR count). The Labute approximate surface area is 241 Å². The van der Waals surface area contributed by atoms with Crippen molar-refractivity contribution in [3.8, 4) is 0 Å². The Morgan fingerprint density at radius 1 is 1.07 bits per heavy atom. The number of guanidine groups is 1. The molecular weight excluding hydrogens is 516 g/mol. The number of nitrogens with zero attached hydrogens (tertiary/aromatic N) is 4. The highest BCUT2D eigenvalue weighted by molar-refractivity contribution is 6.35. The third kappa shape index (κ3) is 6.15. The van der Waals surface area contributed by atoms with Crippen molar-refractivity contribution in [2.45, 2.75) is 19.4 Å². The second-order valence-corrected chi connectivity index (χ2v) is 10.6. The van der Waals surface area contributed by atoms with Gasteiger partial charge in [0.2, 0.25) is 11.9 Å². The highest BCUT2D eigenvalue weighted by Gasteiger charge is 2.46. The lowest BCUT2D eigenvalue weighted by Gasteiger charge is -2.36. The summed E-state index contributed by atoms with van der Waals surface area (Å²) in [7, 11) is 0. The molecule has 2 aromatic carbocycles. The van der Waals surface area contributed by atoms with Crippen LogP contribution in [0.3, 0.4) is 0 Å². The monoisotopic (exact) mass is 552 g/mol. The van der Waals surface area contributed by atoms with Gasteiger partial charge in [-0.3, -0.25) is 9.69 Å². The fourth-order valence-electron chi connectivity index (χ4n) is 5.35. The number of nitrogens with one attached hydrogen (secondary N) is 2. The molecule has 0 bridgehead atoms. The predicted octanol–water partition coefficient (Wildman–Crippen LogP) is 4.38. The Morgan fingerprint density at radius 3 is 2.54 bits per heavy atom. The van der Waals surface area contributed by atoms with Crippen LogP contribution in [-0.2, 0) is 14.3 Å². The molecule has 1 aliphatic carbocycles. The van der Waals surface area contributed by atoms with Gasteiger partial charge in [0.1, 0.15) is 12.1 Å². The van der Waals surface area contributed by atoms with Crippen molar-refractivity contribution in [2.75, 3.05) is 54.9 Å². The summed E-state index contributed by atoms with van der Waals surface area (Å²) in [4.78, 5) is 37.6. The number of hydrogen-bond donors (Lipinski definition) is 2. The number of hydrogen-bond acceptors (Lipinski definition) is 8. The van der Waals surface area contributed by atoms with E-state index in [0.717, 1.165) is 55.3 Å². The first kappa shape index (κ1) is 28.0. The molecule has 2 heterocycles. The third-order valence-electron chi connectivity index (χ3n) is 7.90. The molecule has 212 valence electrons. The van der Waals surface area contributed by atoms with Gasteiger partial charge in [0.15, 0.2) is 0 Å². The van der Waals surface area contributed by atoms with Gasteiger partial charge in [-0.2, -0.15) is 0 Å². The van der Waals surface area contributed by atoms with Crippen LogP contribution in [0.1, 0.15) is 19.4 Å².